The Bertz CT molecular complexity index is 929. The molecule has 0 bridgehead atoms. The molecular formula is C22H24ClN3O2. The lowest BCUT2D eigenvalue weighted by Gasteiger charge is -2.63. The minimum absolute atomic E-state index is 0.0846. The van der Waals surface area contributed by atoms with E-state index in [0.717, 1.165) is 5.56 Å². The second kappa shape index (κ2) is 7.10. The third kappa shape index (κ3) is 3.45. The van der Waals surface area contributed by atoms with Crippen molar-refractivity contribution in [2.45, 2.75) is 46.8 Å². The SMILES string of the molecule is [C-]#[N+]c1ccc(OC2C(C)(C)C(NC(=O)c3ccc(C)cn3)C2(C)C)cc1Cl. The zero-order chi connectivity index (χ0) is 20.7. The van der Waals surface area contributed by atoms with Gasteiger partial charge in [0.2, 0.25) is 5.69 Å². The van der Waals surface area contributed by atoms with Gasteiger partial charge >= 0.3 is 0 Å². The second-order valence-electron chi connectivity index (χ2n) is 8.49. The Morgan fingerprint density at radius 3 is 2.43 bits per heavy atom. The van der Waals surface area contributed by atoms with Crippen LogP contribution in [0.15, 0.2) is 36.5 Å². The van der Waals surface area contributed by atoms with Gasteiger partial charge in [-0.05, 0) is 30.7 Å². The van der Waals surface area contributed by atoms with Crippen LogP contribution in [0.4, 0.5) is 5.69 Å². The Morgan fingerprint density at radius 2 is 1.89 bits per heavy atom. The van der Waals surface area contributed by atoms with Crippen LogP contribution >= 0.6 is 11.6 Å². The smallest absolute Gasteiger partial charge is 0.270 e. The zero-order valence-electron chi connectivity index (χ0n) is 16.7. The summed E-state index contributed by atoms with van der Waals surface area (Å²) in [6.45, 7) is 17.3. The van der Waals surface area contributed by atoms with E-state index in [-0.39, 0.29) is 28.9 Å². The van der Waals surface area contributed by atoms with E-state index >= 15 is 0 Å². The monoisotopic (exact) mass is 397 g/mol. The Hall–Kier alpha value is -2.58. The van der Waals surface area contributed by atoms with Crippen LogP contribution in [0.25, 0.3) is 4.85 Å². The first-order valence-electron chi connectivity index (χ1n) is 9.14. The summed E-state index contributed by atoms with van der Waals surface area (Å²) in [6, 6.07) is 8.61. The molecule has 1 aliphatic rings. The minimum Gasteiger partial charge on any atom is -0.489 e. The van der Waals surface area contributed by atoms with Gasteiger partial charge in [-0.1, -0.05) is 51.4 Å². The van der Waals surface area contributed by atoms with Crippen LogP contribution in [0, 0.1) is 24.3 Å². The van der Waals surface area contributed by atoms with Gasteiger partial charge in [0.1, 0.15) is 17.5 Å². The van der Waals surface area contributed by atoms with Gasteiger partial charge < -0.3 is 10.1 Å². The number of carbonyl (C=O) groups is 1. The molecular weight excluding hydrogens is 374 g/mol. The van der Waals surface area contributed by atoms with Crippen molar-refractivity contribution in [1.29, 1.82) is 0 Å². The molecule has 0 spiro atoms. The molecule has 1 fully saturated rings. The molecule has 28 heavy (non-hydrogen) atoms. The van der Waals surface area contributed by atoms with Gasteiger partial charge in [0.25, 0.3) is 5.91 Å². The van der Waals surface area contributed by atoms with Crippen molar-refractivity contribution in [1.82, 2.24) is 10.3 Å². The summed E-state index contributed by atoms with van der Waals surface area (Å²) < 4.78 is 6.24. The molecule has 2 aromatic rings. The second-order valence-corrected chi connectivity index (χ2v) is 8.90. The maximum absolute atomic E-state index is 12.7. The van der Waals surface area contributed by atoms with Gasteiger partial charge in [0.05, 0.1) is 11.6 Å². The molecule has 0 unspecified atom stereocenters. The van der Waals surface area contributed by atoms with Crippen LogP contribution < -0.4 is 10.1 Å². The summed E-state index contributed by atoms with van der Waals surface area (Å²) in [7, 11) is 0. The molecule has 0 aliphatic heterocycles. The van der Waals surface area contributed by atoms with Gasteiger partial charge in [-0.15, -0.1) is 0 Å². The Kier molecular flexibility index (Phi) is 5.12. The third-order valence-electron chi connectivity index (χ3n) is 5.55. The molecule has 3 rings (SSSR count). The van der Waals surface area contributed by atoms with E-state index in [1.807, 2.05) is 13.0 Å². The van der Waals surface area contributed by atoms with Crippen LogP contribution in [0.5, 0.6) is 5.75 Å². The number of ether oxygens (including phenoxy) is 1. The number of aromatic nitrogens is 1. The first-order chi connectivity index (χ1) is 13.1. The first kappa shape index (κ1) is 20.2. The number of amides is 1. The van der Waals surface area contributed by atoms with E-state index in [1.165, 1.54) is 0 Å². The molecule has 1 aromatic heterocycles. The fourth-order valence-corrected chi connectivity index (χ4v) is 4.61. The average molecular weight is 398 g/mol. The van der Waals surface area contributed by atoms with Gasteiger partial charge in [-0.3, -0.25) is 9.78 Å². The van der Waals surface area contributed by atoms with Crippen LogP contribution in [0.3, 0.4) is 0 Å². The lowest BCUT2D eigenvalue weighted by molar-refractivity contribution is -0.164. The minimum atomic E-state index is -0.297. The van der Waals surface area contributed by atoms with Gasteiger partial charge in [0.15, 0.2) is 0 Å². The average Bonchev–Trinajstić information content (AvgIpc) is 2.64. The highest BCUT2D eigenvalue weighted by molar-refractivity contribution is 6.33. The molecule has 1 heterocycles. The highest BCUT2D eigenvalue weighted by Gasteiger charge is 2.64. The summed E-state index contributed by atoms with van der Waals surface area (Å²) in [5.41, 5.74) is 1.22. The van der Waals surface area contributed by atoms with E-state index in [1.54, 1.807) is 30.5 Å². The number of pyridine rings is 1. The highest BCUT2D eigenvalue weighted by Crippen LogP contribution is 2.55. The number of carbonyl (C=O) groups excluding carboxylic acids is 1. The van der Waals surface area contributed by atoms with Crippen molar-refractivity contribution < 1.29 is 9.53 Å². The molecule has 146 valence electrons. The maximum Gasteiger partial charge on any atom is 0.270 e. The van der Waals surface area contributed by atoms with Crippen LogP contribution in [0.1, 0.15) is 43.7 Å². The van der Waals surface area contributed by atoms with Gasteiger partial charge in [-0.2, -0.15) is 0 Å². The van der Waals surface area contributed by atoms with Crippen molar-refractivity contribution in [3.8, 4) is 5.75 Å². The third-order valence-corrected chi connectivity index (χ3v) is 5.86. The van der Waals surface area contributed by atoms with E-state index in [4.69, 9.17) is 22.9 Å². The summed E-state index contributed by atoms with van der Waals surface area (Å²) in [4.78, 5) is 20.2. The summed E-state index contributed by atoms with van der Waals surface area (Å²) in [5, 5.41) is 3.50. The number of benzene rings is 1. The molecule has 1 aromatic carbocycles. The molecule has 1 N–H and O–H groups in total. The van der Waals surface area contributed by atoms with E-state index < -0.39 is 0 Å². The number of aryl methyl sites for hydroxylation is 1. The predicted molar refractivity (Wildman–Crippen MR) is 110 cm³/mol. The molecule has 6 heteroatoms. The molecule has 1 saturated carbocycles. The molecule has 0 atom stereocenters. The van der Waals surface area contributed by atoms with Crippen LogP contribution in [-0.2, 0) is 0 Å². The van der Waals surface area contributed by atoms with Crippen LogP contribution in [-0.4, -0.2) is 23.0 Å². The van der Waals surface area contributed by atoms with E-state index in [9.17, 15) is 4.79 Å². The number of nitrogens with one attached hydrogen (secondary N) is 1. The Labute approximate surface area is 170 Å². The fourth-order valence-electron chi connectivity index (χ4n) is 4.39. The van der Waals surface area contributed by atoms with Gasteiger partial charge in [0, 0.05) is 23.1 Å². The standard InChI is InChI=1S/C22H24ClN3O2/c1-13-7-9-17(25-12-13)18(27)26-19-21(2,3)20(22(19,4)5)28-14-8-10-16(24-6)15(23)11-14/h7-12,19-20H,1-5H3,(H,26,27). The summed E-state index contributed by atoms with van der Waals surface area (Å²) >= 11 is 6.14. The molecule has 5 nitrogen and oxygen atoms in total. The largest absolute Gasteiger partial charge is 0.489 e. The molecule has 0 saturated heterocycles. The Balaban J connectivity index is 1.76. The lowest BCUT2D eigenvalue weighted by atomic mass is 9.49. The predicted octanol–water partition coefficient (Wildman–Crippen LogP) is 5.21. The fraction of sp³-hybridized carbons (Fsp3) is 0.409. The van der Waals surface area contributed by atoms with Crippen molar-refractivity contribution in [3.63, 3.8) is 0 Å². The number of nitrogens with zero attached hydrogens (tertiary/aromatic N) is 2. The van der Waals surface area contributed by atoms with Gasteiger partial charge in [-0.25, -0.2) is 4.85 Å². The maximum atomic E-state index is 12.7. The van der Waals surface area contributed by atoms with E-state index in [0.29, 0.717) is 22.2 Å². The Morgan fingerprint density at radius 1 is 1.21 bits per heavy atom. The molecule has 1 aliphatic carbocycles. The molecule has 1 amide bonds. The zero-order valence-corrected chi connectivity index (χ0v) is 17.5. The number of rotatable bonds is 4. The van der Waals surface area contributed by atoms with Crippen molar-refractivity contribution in [3.05, 3.63) is 64.2 Å². The number of hydrogen-bond acceptors (Lipinski definition) is 3. The van der Waals surface area contributed by atoms with E-state index in [2.05, 4.69) is 42.8 Å². The highest BCUT2D eigenvalue weighted by atomic mass is 35.5. The van der Waals surface area contributed by atoms with Crippen molar-refractivity contribution in [2.75, 3.05) is 0 Å². The van der Waals surface area contributed by atoms with Crippen molar-refractivity contribution >= 4 is 23.2 Å². The van der Waals surface area contributed by atoms with Crippen molar-refractivity contribution in [2.24, 2.45) is 10.8 Å². The summed E-state index contributed by atoms with van der Waals surface area (Å²) in [5.74, 6) is 0.433. The number of hydrogen-bond donors (Lipinski definition) is 1. The quantitative estimate of drug-likeness (QED) is 0.721. The lowest BCUT2D eigenvalue weighted by Crippen LogP contribution is -2.74. The first-order valence-corrected chi connectivity index (χ1v) is 9.52. The molecule has 0 radical (unpaired) electrons. The normalized spacial score (nSPS) is 21.9. The van der Waals surface area contributed by atoms with Crippen LogP contribution in [0.2, 0.25) is 5.02 Å². The summed E-state index contributed by atoms with van der Waals surface area (Å²) in [6.07, 6.45) is 1.56. The topological polar surface area (TPSA) is 55.6 Å². The number of halogens is 1.